The molecule has 1 unspecified atom stereocenters. The average molecular weight is 307 g/mol. The van der Waals surface area contributed by atoms with Gasteiger partial charge in [0.1, 0.15) is 5.52 Å². The van der Waals surface area contributed by atoms with Crippen molar-refractivity contribution in [1.29, 1.82) is 0 Å². The van der Waals surface area contributed by atoms with Gasteiger partial charge in [0.05, 0.1) is 5.02 Å². The SMILES string of the molecule is NC(Cc1nc2cc(Cl)cc(Cl)c2o1)c1ccccc1. The lowest BCUT2D eigenvalue weighted by Gasteiger charge is -2.08. The molecule has 3 nitrogen and oxygen atoms in total. The highest BCUT2D eigenvalue weighted by Crippen LogP contribution is 2.29. The lowest BCUT2D eigenvalue weighted by atomic mass is 10.1. The highest BCUT2D eigenvalue weighted by atomic mass is 35.5. The van der Waals surface area contributed by atoms with Gasteiger partial charge in [-0.05, 0) is 17.7 Å². The molecular formula is C15H12Cl2N2O. The Morgan fingerprint density at radius 3 is 2.65 bits per heavy atom. The van der Waals surface area contributed by atoms with Gasteiger partial charge in [-0.2, -0.15) is 0 Å². The Bertz CT molecular complexity index is 740. The van der Waals surface area contributed by atoms with Gasteiger partial charge in [0.25, 0.3) is 0 Å². The Morgan fingerprint density at radius 2 is 1.90 bits per heavy atom. The summed E-state index contributed by atoms with van der Waals surface area (Å²) in [5.74, 6) is 0.556. The van der Waals surface area contributed by atoms with E-state index >= 15 is 0 Å². The number of benzene rings is 2. The molecule has 1 aromatic heterocycles. The van der Waals surface area contributed by atoms with Crippen LogP contribution in [0, 0.1) is 0 Å². The molecule has 5 heteroatoms. The summed E-state index contributed by atoms with van der Waals surface area (Å²) in [7, 11) is 0. The molecule has 0 aliphatic carbocycles. The molecular weight excluding hydrogens is 295 g/mol. The van der Waals surface area contributed by atoms with Crippen LogP contribution in [0.3, 0.4) is 0 Å². The molecule has 0 saturated carbocycles. The van der Waals surface area contributed by atoms with E-state index in [4.69, 9.17) is 33.4 Å². The van der Waals surface area contributed by atoms with Gasteiger partial charge in [0.2, 0.25) is 0 Å². The van der Waals surface area contributed by atoms with Crippen LogP contribution in [0.2, 0.25) is 10.0 Å². The molecule has 20 heavy (non-hydrogen) atoms. The third-order valence-corrected chi connectivity index (χ3v) is 3.58. The van der Waals surface area contributed by atoms with Gasteiger partial charge in [-0.1, -0.05) is 53.5 Å². The van der Waals surface area contributed by atoms with Crippen molar-refractivity contribution in [3.05, 3.63) is 64.0 Å². The van der Waals surface area contributed by atoms with Crippen molar-refractivity contribution in [3.8, 4) is 0 Å². The monoisotopic (exact) mass is 306 g/mol. The van der Waals surface area contributed by atoms with E-state index in [1.54, 1.807) is 12.1 Å². The Kier molecular flexibility index (Phi) is 3.66. The van der Waals surface area contributed by atoms with Crippen LogP contribution < -0.4 is 5.73 Å². The highest BCUT2D eigenvalue weighted by Gasteiger charge is 2.14. The van der Waals surface area contributed by atoms with Crippen molar-refractivity contribution in [3.63, 3.8) is 0 Å². The minimum absolute atomic E-state index is 0.168. The average Bonchev–Trinajstić information content (AvgIpc) is 2.82. The fourth-order valence-electron chi connectivity index (χ4n) is 2.10. The summed E-state index contributed by atoms with van der Waals surface area (Å²) in [4.78, 5) is 4.38. The van der Waals surface area contributed by atoms with Crippen LogP contribution in [0.25, 0.3) is 11.1 Å². The second kappa shape index (κ2) is 5.44. The van der Waals surface area contributed by atoms with Crippen molar-refractivity contribution in [2.24, 2.45) is 5.73 Å². The molecule has 0 bridgehead atoms. The van der Waals surface area contributed by atoms with Crippen molar-refractivity contribution >= 4 is 34.3 Å². The Morgan fingerprint density at radius 1 is 1.15 bits per heavy atom. The molecule has 3 rings (SSSR count). The number of nitrogens with zero attached hydrogens (tertiary/aromatic N) is 1. The Balaban J connectivity index is 1.90. The van der Waals surface area contributed by atoms with Gasteiger partial charge in [-0.3, -0.25) is 0 Å². The minimum atomic E-state index is -0.168. The summed E-state index contributed by atoms with van der Waals surface area (Å²) in [5.41, 5.74) is 8.40. The summed E-state index contributed by atoms with van der Waals surface area (Å²) in [5, 5.41) is 0.995. The van der Waals surface area contributed by atoms with Crippen LogP contribution in [0.1, 0.15) is 17.5 Å². The zero-order chi connectivity index (χ0) is 14.1. The van der Waals surface area contributed by atoms with E-state index in [1.165, 1.54) is 0 Å². The molecule has 1 atom stereocenters. The molecule has 0 amide bonds. The minimum Gasteiger partial charge on any atom is -0.439 e. The van der Waals surface area contributed by atoms with E-state index in [2.05, 4.69) is 4.98 Å². The highest BCUT2D eigenvalue weighted by molar-refractivity contribution is 6.37. The van der Waals surface area contributed by atoms with Crippen molar-refractivity contribution in [1.82, 2.24) is 4.98 Å². The molecule has 0 fully saturated rings. The number of fused-ring (bicyclic) bond motifs is 1. The molecule has 0 spiro atoms. The number of rotatable bonds is 3. The second-order valence-corrected chi connectivity index (χ2v) is 5.41. The van der Waals surface area contributed by atoms with Gasteiger partial charge >= 0.3 is 0 Å². The number of hydrogen-bond donors (Lipinski definition) is 1. The van der Waals surface area contributed by atoms with E-state index in [1.807, 2.05) is 30.3 Å². The van der Waals surface area contributed by atoms with Crippen LogP contribution in [-0.4, -0.2) is 4.98 Å². The quantitative estimate of drug-likeness (QED) is 0.781. The van der Waals surface area contributed by atoms with E-state index in [-0.39, 0.29) is 6.04 Å². The maximum absolute atomic E-state index is 6.16. The first kappa shape index (κ1) is 13.4. The largest absolute Gasteiger partial charge is 0.439 e. The summed E-state index contributed by atoms with van der Waals surface area (Å²) >= 11 is 12.0. The van der Waals surface area contributed by atoms with Gasteiger partial charge in [-0.25, -0.2) is 4.98 Å². The van der Waals surface area contributed by atoms with Crippen LogP contribution in [0.15, 0.2) is 46.9 Å². The third-order valence-electron chi connectivity index (χ3n) is 3.08. The first-order valence-corrected chi connectivity index (χ1v) is 6.94. The molecule has 2 aromatic carbocycles. The molecule has 0 radical (unpaired) electrons. The fraction of sp³-hybridized carbons (Fsp3) is 0.133. The normalized spacial score (nSPS) is 12.8. The molecule has 0 aliphatic rings. The first-order chi connectivity index (χ1) is 9.63. The molecule has 0 aliphatic heterocycles. The van der Waals surface area contributed by atoms with Crippen molar-refractivity contribution in [2.75, 3.05) is 0 Å². The predicted molar refractivity (Wildman–Crippen MR) is 81.1 cm³/mol. The molecule has 3 aromatic rings. The van der Waals surface area contributed by atoms with E-state index < -0.39 is 0 Å². The van der Waals surface area contributed by atoms with E-state index in [0.717, 1.165) is 5.56 Å². The van der Waals surface area contributed by atoms with Gasteiger partial charge in [0.15, 0.2) is 11.5 Å². The summed E-state index contributed by atoms with van der Waals surface area (Å²) < 4.78 is 5.66. The standard InChI is InChI=1S/C15H12Cl2N2O/c16-10-6-11(17)15-13(7-10)19-14(20-15)8-12(18)9-4-2-1-3-5-9/h1-7,12H,8,18H2. The smallest absolute Gasteiger partial charge is 0.197 e. The number of nitrogens with two attached hydrogens (primary N) is 1. The second-order valence-electron chi connectivity index (χ2n) is 4.56. The Hall–Kier alpha value is -1.55. The molecule has 0 saturated heterocycles. The zero-order valence-corrected chi connectivity index (χ0v) is 12.0. The topological polar surface area (TPSA) is 52.0 Å². The summed E-state index contributed by atoms with van der Waals surface area (Å²) in [6.45, 7) is 0. The molecule has 102 valence electrons. The lowest BCUT2D eigenvalue weighted by Crippen LogP contribution is -2.13. The number of aromatic nitrogens is 1. The fourth-order valence-corrected chi connectivity index (χ4v) is 2.62. The van der Waals surface area contributed by atoms with Gasteiger partial charge < -0.3 is 10.2 Å². The van der Waals surface area contributed by atoms with Crippen LogP contribution in [0.4, 0.5) is 0 Å². The molecule has 1 heterocycles. The summed E-state index contributed by atoms with van der Waals surface area (Å²) in [6.07, 6.45) is 0.507. The van der Waals surface area contributed by atoms with Crippen LogP contribution in [0.5, 0.6) is 0 Å². The lowest BCUT2D eigenvalue weighted by molar-refractivity contribution is 0.502. The van der Waals surface area contributed by atoms with Crippen LogP contribution in [-0.2, 0) is 6.42 Å². The maximum atomic E-state index is 6.16. The first-order valence-electron chi connectivity index (χ1n) is 6.18. The number of oxazole rings is 1. The maximum Gasteiger partial charge on any atom is 0.197 e. The van der Waals surface area contributed by atoms with E-state index in [0.29, 0.717) is 33.5 Å². The van der Waals surface area contributed by atoms with Crippen LogP contribution >= 0.6 is 23.2 Å². The molecule has 2 N–H and O–H groups in total. The number of hydrogen-bond acceptors (Lipinski definition) is 3. The predicted octanol–water partition coefficient (Wildman–Crippen LogP) is 4.38. The van der Waals surface area contributed by atoms with Gasteiger partial charge in [0, 0.05) is 17.5 Å². The number of halogens is 2. The van der Waals surface area contributed by atoms with Crippen molar-refractivity contribution < 1.29 is 4.42 Å². The third kappa shape index (κ3) is 2.66. The van der Waals surface area contributed by atoms with Gasteiger partial charge in [-0.15, -0.1) is 0 Å². The Labute approximate surface area is 126 Å². The zero-order valence-electron chi connectivity index (χ0n) is 10.5. The summed E-state index contributed by atoms with van der Waals surface area (Å²) in [6, 6.07) is 13.0. The van der Waals surface area contributed by atoms with Crippen molar-refractivity contribution in [2.45, 2.75) is 12.5 Å². The van der Waals surface area contributed by atoms with E-state index in [9.17, 15) is 0 Å².